The summed E-state index contributed by atoms with van der Waals surface area (Å²) in [7, 11) is 0. The molecule has 15 nitrogen and oxygen atoms in total. The molecule has 626 valence electrons. The van der Waals surface area contributed by atoms with Crippen LogP contribution in [0.5, 0.6) is 0 Å². The fourth-order valence-corrected chi connectivity index (χ4v) is 24.8. The minimum atomic E-state index is 0.344. The van der Waals surface area contributed by atoms with Crippen LogP contribution in [0, 0.1) is 35.5 Å². The van der Waals surface area contributed by atoms with Crippen LogP contribution in [-0.4, -0.2) is 76.1 Å². The largest absolute Gasteiger partial charge is 0.367 e. The lowest BCUT2D eigenvalue weighted by atomic mass is 9.53. The average molecular weight is 1790 g/mol. The van der Waals surface area contributed by atoms with Crippen molar-refractivity contribution in [3.8, 4) is 33.8 Å². The van der Waals surface area contributed by atoms with Crippen molar-refractivity contribution in [2.24, 2.45) is 35.5 Å². The summed E-state index contributed by atoms with van der Waals surface area (Å²) in [6.07, 6.45) is 56.1. The Morgan fingerprint density at radius 1 is 0.367 bits per heavy atom. The third kappa shape index (κ3) is 17.9. The van der Waals surface area contributed by atoms with Crippen molar-refractivity contribution >= 4 is 124 Å². The molecule has 12 saturated carbocycles. The maximum atomic E-state index is 6.45. The molecule has 8 bridgehead atoms. The lowest BCUT2D eigenvalue weighted by molar-refractivity contribution is 0.0103. The first-order chi connectivity index (χ1) is 58.8. The fourth-order valence-electron chi connectivity index (χ4n) is 23.2. The van der Waals surface area contributed by atoms with Crippen LogP contribution < -0.4 is 26.6 Å². The van der Waals surface area contributed by atoms with Crippen LogP contribution >= 0.6 is 66.7 Å². The Balaban J connectivity index is 0.0000000994. The highest BCUT2D eigenvalue weighted by Gasteiger charge is 2.53. The minimum Gasteiger partial charge on any atom is -0.367 e. The van der Waals surface area contributed by atoms with E-state index < -0.39 is 0 Å². The molecule has 10 heterocycles. The number of halogens is 5. The van der Waals surface area contributed by atoms with Gasteiger partial charge in [-0.1, -0.05) is 201 Å². The van der Waals surface area contributed by atoms with E-state index in [0.717, 1.165) is 135 Å². The van der Waals surface area contributed by atoms with Crippen molar-refractivity contribution in [1.82, 2.24) is 46.9 Å². The molecule has 25 rings (SSSR count). The zero-order chi connectivity index (χ0) is 81.3. The van der Waals surface area contributed by atoms with Crippen LogP contribution in [0.3, 0.4) is 0 Å². The number of hydrogen-bond donors (Lipinski definition) is 5. The predicted octanol–water partition coefficient (Wildman–Crippen LogP) is 28.2. The van der Waals surface area contributed by atoms with E-state index in [1.807, 2.05) is 91.1 Å². The van der Waals surface area contributed by atoms with Gasteiger partial charge < -0.3 is 26.6 Å². The normalized spacial score (nSPS) is 23.5. The molecule has 20 heteroatoms. The second kappa shape index (κ2) is 36.4. The molecule has 0 spiro atoms. The molecule has 12 fully saturated rings. The molecule has 3 aromatic carbocycles. The highest BCUT2D eigenvalue weighted by atomic mass is 79.9. The van der Waals surface area contributed by atoms with Crippen molar-refractivity contribution in [3.63, 3.8) is 0 Å². The van der Waals surface area contributed by atoms with Gasteiger partial charge in [0.1, 0.15) is 74.4 Å². The Morgan fingerprint density at radius 2 is 0.767 bits per heavy atom. The summed E-state index contributed by atoms with van der Waals surface area (Å²) in [4.78, 5) is 24.5. The van der Waals surface area contributed by atoms with E-state index in [1.54, 1.807) is 0 Å². The number of imidazole rings is 5. The van der Waals surface area contributed by atoms with Crippen LogP contribution in [-0.2, 0) is 6.42 Å². The second-order valence-corrected chi connectivity index (χ2v) is 40.2. The van der Waals surface area contributed by atoms with Gasteiger partial charge in [0.05, 0.1) is 26.5 Å². The highest BCUT2D eigenvalue weighted by molar-refractivity contribution is 9.10. The summed E-state index contributed by atoms with van der Waals surface area (Å²) in [5.41, 5.74) is 14.0. The molecular formula is C100H116Br2Cl3N15. The molecule has 120 heavy (non-hydrogen) atoms. The van der Waals surface area contributed by atoms with E-state index in [9.17, 15) is 0 Å². The number of aryl methyl sites for hydroxylation is 1. The zero-order valence-electron chi connectivity index (χ0n) is 69.5. The SMILES string of the molecule is Brc1ccccc1-c1nc2ccccn2c1NC1CCCC1.CCCCCCCCc1nc2ccccn2c1NC12CC3CC(CC(C3)C1)C2.Clc1cccc(Cl)c1-c1nc2ccccn2c1NC1CCCC1.Clc1ccccc1-c1nc2ccc(Br)cn2c1NC1CCCCC1.c1ccn2c(NC34CC5CC(CC(C5)C3)C4)c(C3CC3)nc2c1. The summed E-state index contributed by atoms with van der Waals surface area (Å²) in [5.74, 6) is 12.3. The number of hydrogen-bond acceptors (Lipinski definition) is 10. The van der Waals surface area contributed by atoms with E-state index >= 15 is 0 Å². The van der Waals surface area contributed by atoms with Gasteiger partial charge in [0.25, 0.3) is 0 Å². The summed E-state index contributed by atoms with van der Waals surface area (Å²) >= 11 is 26.5. The number of benzene rings is 3. The number of aromatic nitrogens is 10. The van der Waals surface area contributed by atoms with E-state index in [2.05, 4.69) is 179 Å². The maximum Gasteiger partial charge on any atom is 0.139 e. The predicted molar refractivity (Wildman–Crippen MR) is 503 cm³/mol. The molecule has 12 aliphatic carbocycles. The van der Waals surface area contributed by atoms with Gasteiger partial charge in [0.15, 0.2) is 0 Å². The van der Waals surface area contributed by atoms with E-state index in [0.29, 0.717) is 45.2 Å². The molecule has 0 amide bonds. The first-order valence-electron chi connectivity index (χ1n) is 45.7. The van der Waals surface area contributed by atoms with Crippen LogP contribution in [0.1, 0.15) is 236 Å². The van der Waals surface area contributed by atoms with Gasteiger partial charge in [-0.25, -0.2) is 24.9 Å². The Bertz CT molecular complexity index is 5630. The van der Waals surface area contributed by atoms with E-state index in [4.69, 9.17) is 59.7 Å². The zero-order valence-corrected chi connectivity index (χ0v) is 74.9. The highest BCUT2D eigenvalue weighted by Crippen LogP contribution is 2.59. The van der Waals surface area contributed by atoms with Gasteiger partial charge in [0, 0.05) is 91.7 Å². The summed E-state index contributed by atoms with van der Waals surface area (Å²) in [5, 5.41) is 21.4. The summed E-state index contributed by atoms with van der Waals surface area (Å²) < 4.78 is 13.1. The monoisotopic (exact) mass is 1790 g/mol. The average Bonchev–Trinajstić information content (AvgIpc) is 0.806. The topological polar surface area (TPSA) is 147 Å². The first-order valence-corrected chi connectivity index (χ1v) is 48.4. The Morgan fingerprint density at radius 3 is 1.28 bits per heavy atom. The van der Waals surface area contributed by atoms with Gasteiger partial charge >= 0.3 is 0 Å². The lowest BCUT2D eigenvalue weighted by Crippen LogP contribution is -2.55. The summed E-state index contributed by atoms with van der Waals surface area (Å²) in [6.45, 7) is 2.29. The number of anilines is 5. The van der Waals surface area contributed by atoms with Gasteiger partial charge in [-0.2, -0.15) is 0 Å². The van der Waals surface area contributed by atoms with Gasteiger partial charge in [-0.05, 0) is 278 Å². The smallest absolute Gasteiger partial charge is 0.139 e. The standard InChI is InChI=1S/C25H37N3.C20H25N3.C19H19BrClN3.C18H18BrN3.C18H17Cl2N3/c1-2-3-4-5-6-7-10-22-24(28-12-9-8-11-23(28)26-22)27-25-16-19-13-20(17-25)15-21(14-19)18-25;1-2-6-23-17(3-1)21-18(16-4-5-16)19(23)22-20-10-13-7-14(11-20)9-15(8-13)12-20;20-13-10-11-17-23-18(15-8-4-5-9-16(15)21)19(24(17)12-13)22-14-6-2-1-3-7-14;19-15-10-4-3-9-14(15)17-18(20-13-7-1-2-8-13)22-12-6-5-11-16(22)21-17;19-13-8-5-9-14(20)16(13)17-18(21-12-6-1-2-7-12)23-11-4-3-10-15(23)22-17/h8-9,11-12,19-21,27H,2-7,10,13-18H2,1H3;1-3,6,13-16,22H,4-5,7-12H2;4-5,8-12,14,22H,1-3,6-7H2;3-6,9-13,20H,1-2,7-8H2;3-5,8-12,21H,1-2,6-7H2. The quantitative estimate of drug-likeness (QED) is 0.0441. The number of fused-ring (bicyclic) bond motifs is 5. The van der Waals surface area contributed by atoms with Crippen molar-refractivity contribution in [2.45, 2.75) is 260 Å². The van der Waals surface area contributed by atoms with E-state index in [-0.39, 0.29) is 0 Å². The Labute approximate surface area is 739 Å². The van der Waals surface area contributed by atoms with Gasteiger partial charge in [-0.15, -0.1) is 0 Å². The molecule has 0 aliphatic heterocycles. The maximum absolute atomic E-state index is 6.45. The van der Waals surface area contributed by atoms with Crippen molar-refractivity contribution < 1.29 is 0 Å². The molecule has 0 atom stereocenters. The number of rotatable bonds is 21. The van der Waals surface area contributed by atoms with Crippen molar-refractivity contribution in [1.29, 1.82) is 0 Å². The van der Waals surface area contributed by atoms with Crippen LogP contribution in [0.2, 0.25) is 15.1 Å². The van der Waals surface area contributed by atoms with Crippen LogP contribution in [0.15, 0.2) is 192 Å². The third-order valence-corrected chi connectivity index (χ3v) is 30.3. The number of pyridine rings is 5. The second-order valence-electron chi connectivity index (χ2n) is 37.2. The minimum absolute atomic E-state index is 0.344. The Kier molecular flexibility index (Phi) is 24.7. The lowest BCUT2D eigenvalue weighted by Gasteiger charge is -2.57. The van der Waals surface area contributed by atoms with Gasteiger partial charge in [-0.3, -0.25) is 22.0 Å². The molecule has 12 aliphatic rings. The van der Waals surface area contributed by atoms with Crippen molar-refractivity contribution in [2.75, 3.05) is 26.6 Å². The van der Waals surface area contributed by atoms with Crippen molar-refractivity contribution in [3.05, 3.63) is 218 Å². The molecule has 0 unspecified atom stereocenters. The molecule has 5 N–H and O–H groups in total. The fraction of sp³-hybridized carbons (Fsp3) is 0.470. The number of unbranched alkanes of at least 4 members (excludes halogenated alkanes) is 5. The summed E-state index contributed by atoms with van der Waals surface area (Å²) in [6, 6.07) is 52.3. The first kappa shape index (κ1) is 81.6. The molecule has 13 aromatic rings. The van der Waals surface area contributed by atoms with E-state index in [1.165, 1.54) is 235 Å². The van der Waals surface area contributed by atoms with Crippen LogP contribution in [0.25, 0.3) is 62.0 Å². The van der Waals surface area contributed by atoms with Crippen LogP contribution in [0.4, 0.5) is 29.1 Å². The molecule has 0 radical (unpaired) electrons. The molecular weight excluding hydrogens is 1680 g/mol. The molecule has 0 saturated heterocycles. The van der Waals surface area contributed by atoms with Gasteiger partial charge in [0.2, 0.25) is 0 Å². The molecule has 10 aromatic heterocycles. The number of nitrogens with one attached hydrogen (secondary N) is 5. The third-order valence-electron chi connectivity index (χ3n) is 28.2. The number of nitrogens with zero attached hydrogens (tertiary/aromatic N) is 10. The Hall–Kier alpha value is -8.06.